The highest BCUT2D eigenvalue weighted by Crippen LogP contribution is 2.21. The average molecular weight is 476 g/mol. The topological polar surface area (TPSA) is 95.6 Å². The van der Waals surface area contributed by atoms with Gasteiger partial charge in [0, 0.05) is 32.6 Å². The third-order valence-corrected chi connectivity index (χ3v) is 7.45. The molecule has 178 valence electrons. The fourth-order valence-corrected chi connectivity index (χ4v) is 5.24. The Hall–Kier alpha value is -2.78. The summed E-state index contributed by atoms with van der Waals surface area (Å²) in [5, 5.41) is 5.43. The van der Waals surface area contributed by atoms with E-state index in [9.17, 15) is 22.4 Å². The van der Waals surface area contributed by atoms with E-state index in [-0.39, 0.29) is 41.9 Å². The Morgan fingerprint density at radius 2 is 1.55 bits per heavy atom. The molecular weight excluding hydrogens is 445 g/mol. The van der Waals surface area contributed by atoms with Crippen LogP contribution in [0.1, 0.15) is 36.8 Å². The number of benzene rings is 2. The van der Waals surface area contributed by atoms with Crippen molar-refractivity contribution in [1.82, 2.24) is 14.9 Å². The number of carbonyl (C=O) groups excluding carboxylic acids is 2. The Kier molecular flexibility index (Phi) is 8.96. The molecule has 7 nitrogen and oxygen atoms in total. The first-order valence-corrected chi connectivity index (χ1v) is 12.7. The van der Waals surface area contributed by atoms with Crippen molar-refractivity contribution in [2.75, 3.05) is 26.2 Å². The van der Waals surface area contributed by atoms with Crippen molar-refractivity contribution in [2.45, 2.75) is 43.4 Å². The molecule has 33 heavy (non-hydrogen) atoms. The molecule has 2 N–H and O–H groups in total. The highest BCUT2D eigenvalue weighted by Gasteiger charge is 2.25. The van der Waals surface area contributed by atoms with E-state index in [0.29, 0.717) is 31.6 Å². The summed E-state index contributed by atoms with van der Waals surface area (Å²) in [5.41, 5.74) is 1.47. The van der Waals surface area contributed by atoms with Gasteiger partial charge in [-0.3, -0.25) is 9.59 Å². The third kappa shape index (κ3) is 7.64. The van der Waals surface area contributed by atoms with Crippen LogP contribution < -0.4 is 10.6 Å². The maximum absolute atomic E-state index is 13.1. The highest BCUT2D eigenvalue weighted by molar-refractivity contribution is 7.89. The predicted octanol–water partition coefficient (Wildman–Crippen LogP) is 2.41. The van der Waals surface area contributed by atoms with E-state index in [1.165, 1.54) is 16.4 Å². The van der Waals surface area contributed by atoms with Gasteiger partial charge in [-0.15, -0.1) is 0 Å². The number of sulfonamides is 1. The molecule has 2 amide bonds. The zero-order chi connectivity index (χ0) is 23.7. The van der Waals surface area contributed by atoms with Crippen molar-refractivity contribution in [3.63, 3.8) is 0 Å². The molecule has 2 aromatic carbocycles. The molecule has 0 bridgehead atoms. The van der Waals surface area contributed by atoms with Crippen LogP contribution >= 0.6 is 0 Å². The van der Waals surface area contributed by atoms with Gasteiger partial charge >= 0.3 is 0 Å². The van der Waals surface area contributed by atoms with Crippen LogP contribution in [0.15, 0.2) is 53.4 Å². The molecule has 1 heterocycles. The summed E-state index contributed by atoms with van der Waals surface area (Å²) >= 11 is 0. The van der Waals surface area contributed by atoms with E-state index in [4.69, 9.17) is 0 Å². The minimum Gasteiger partial charge on any atom is -0.354 e. The third-order valence-electron chi connectivity index (χ3n) is 5.54. The summed E-state index contributed by atoms with van der Waals surface area (Å²) in [6, 6.07) is 12.6. The van der Waals surface area contributed by atoms with Crippen LogP contribution in [0.5, 0.6) is 0 Å². The van der Waals surface area contributed by atoms with Crippen LogP contribution in [-0.4, -0.2) is 50.7 Å². The summed E-state index contributed by atoms with van der Waals surface area (Å²) in [6.07, 6.45) is 3.67. The Morgan fingerprint density at radius 1 is 0.879 bits per heavy atom. The Bertz CT molecular complexity index is 1050. The molecule has 0 atom stereocenters. The number of rotatable bonds is 10. The predicted molar refractivity (Wildman–Crippen MR) is 123 cm³/mol. The van der Waals surface area contributed by atoms with Gasteiger partial charge in [0.15, 0.2) is 0 Å². The molecule has 9 heteroatoms. The van der Waals surface area contributed by atoms with Gasteiger partial charge < -0.3 is 10.6 Å². The lowest BCUT2D eigenvalue weighted by atomic mass is 10.1. The Balaban J connectivity index is 1.35. The monoisotopic (exact) mass is 475 g/mol. The lowest BCUT2D eigenvalue weighted by molar-refractivity contribution is -0.122. The van der Waals surface area contributed by atoms with Gasteiger partial charge in [0.2, 0.25) is 21.8 Å². The zero-order valence-corrected chi connectivity index (χ0v) is 19.4. The summed E-state index contributed by atoms with van der Waals surface area (Å²) in [6.45, 7) is 1.70. The van der Waals surface area contributed by atoms with Gasteiger partial charge in [-0.25, -0.2) is 12.8 Å². The number of nitrogens with one attached hydrogen (secondary N) is 2. The summed E-state index contributed by atoms with van der Waals surface area (Å²) < 4.78 is 40.1. The van der Waals surface area contributed by atoms with Crippen molar-refractivity contribution < 1.29 is 22.4 Å². The smallest absolute Gasteiger partial charge is 0.243 e. The van der Waals surface area contributed by atoms with Crippen LogP contribution in [0.3, 0.4) is 0 Å². The molecule has 1 aliphatic rings. The fourth-order valence-electron chi connectivity index (χ4n) is 3.73. The maximum Gasteiger partial charge on any atom is 0.243 e. The number of halogens is 1. The first-order valence-electron chi connectivity index (χ1n) is 11.2. The molecule has 0 spiro atoms. The second kappa shape index (κ2) is 11.9. The van der Waals surface area contributed by atoms with Crippen molar-refractivity contribution in [2.24, 2.45) is 0 Å². The number of hydrogen-bond acceptors (Lipinski definition) is 4. The first kappa shape index (κ1) is 24.9. The second-order valence-corrected chi connectivity index (χ2v) is 10.1. The molecule has 0 aromatic heterocycles. The van der Waals surface area contributed by atoms with Gasteiger partial charge in [-0.05, 0) is 54.7 Å². The van der Waals surface area contributed by atoms with Crippen LogP contribution in [0.4, 0.5) is 4.39 Å². The van der Waals surface area contributed by atoms with E-state index in [1.807, 2.05) is 0 Å². The molecule has 1 aliphatic heterocycles. The largest absolute Gasteiger partial charge is 0.354 e. The second-order valence-electron chi connectivity index (χ2n) is 8.12. The Morgan fingerprint density at radius 3 is 2.21 bits per heavy atom. The standard InChI is InChI=1S/C24H30FN3O4S/c25-21-6-4-5-20(17-21)18-24(30)27-14-13-26-23(29)12-9-19-7-10-22(11-8-19)33(31,32)28-15-2-1-3-16-28/h4-8,10-11,17H,1-3,9,12-16,18H2,(H,26,29)(H,27,30). The molecule has 1 saturated heterocycles. The van der Waals surface area contributed by atoms with Gasteiger partial charge in [0.05, 0.1) is 11.3 Å². The minimum absolute atomic E-state index is 0.0786. The molecule has 3 rings (SSSR count). The number of nitrogens with zero attached hydrogens (tertiary/aromatic N) is 1. The number of hydrogen-bond donors (Lipinski definition) is 2. The van der Waals surface area contributed by atoms with Gasteiger partial charge in [0.1, 0.15) is 5.82 Å². The summed E-state index contributed by atoms with van der Waals surface area (Å²) in [7, 11) is -3.45. The number of aryl methyl sites for hydroxylation is 1. The van der Waals surface area contributed by atoms with E-state index in [1.54, 1.807) is 36.4 Å². The van der Waals surface area contributed by atoms with E-state index in [0.717, 1.165) is 24.8 Å². The van der Waals surface area contributed by atoms with Crippen LogP contribution in [0, 0.1) is 5.82 Å². The molecular formula is C24H30FN3O4S. The fraction of sp³-hybridized carbons (Fsp3) is 0.417. The number of piperidine rings is 1. The van der Waals surface area contributed by atoms with E-state index < -0.39 is 10.0 Å². The lowest BCUT2D eigenvalue weighted by Gasteiger charge is -2.25. The van der Waals surface area contributed by atoms with Crippen molar-refractivity contribution >= 4 is 21.8 Å². The number of carbonyl (C=O) groups is 2. The number of amides is 2. The molecule has 0 saturated carbocycles. The summed E-state index contributed by atoms with van der Waals surface area (Å²) in [4.78, 5) is 24.2. The Labute approximate surface area is 194 Å². The van der Waals surface area contributed by atoms with E-state index in [2.05, 4.69) is 10.6 Å². The summed E-state index contributed by atoms with van der Waals surface area (Å²) in [5.74, 6) is -0.778. The average Bonchev–Trinajstić information content (AvgIpc) is 2.81. The van der Waals surface area contributed by atoms with Gasteiger partial charge in [0.25, 0.3) is 0 Å². The van der Waals surface area contributed by atoms with Crippen LogP contribution in [-0.2, 0) is 32.5 Å². The molecule has 0 unspecified atom stereocenters. The first-order chi connectivity index (χ1) is 15.8. The lowest BCUT2D eigenvalue weighted by Crippen LogP contribution is -2.35. The van der Waals surface area contributed by atoms with Crippen LogP contribution in [0.2, 0.25) is 0 Å². The SMILES string of the molecule is O=C(CCc1ccc(S(=O)(=O)N2CCCCC2)cc1)NCCNC(=O)Cc1cccc(F)c1. The van der Waals surface area contributed by atoms with Crippen molar-refractivity contribution in [1.29, 1.82) is 0 Å². The zero-order valence-electron chi connectivity index (χ0n) is 18.6. The van der Waals surface area contributed by atoms with Gasteiger partial charge in [-0.2, -0.15) is 4.31 Å². The van der Waals surface area contributed by atoms with Crippen LogP contribution in [0.25, 0.3) is 0 Å². The molecule has 0 radical (unpaired) electrons. The normalized spacial score (nSPS) is 14.6. The minimum atomic E-state index is -3.45. The molecule has 1 fully saturated rings. The highest BCUT2D eigenvalue weighted by atomic mass is 32.2. The van der Waals surface area contributed by atoms with Crippen molar-refractivity contribution in [3.8, 4) is 0 Å². The van der Waals surface area contributed by atoms with E-state index >= 15 is 0 Å². The van der Waals surface area contributed by atoms with Crippen molar-refractivity contribution in [3.05, 3.63) is 65.5 Å². The molecule has 2 aromatic rings. The molecule has 0 aliphatic carbocycles. The maximum atomic E-state index is 13.1. The van der Waals surface area contributed by atoms with Gasteiger partial charge in [-0.1, -0.05) is 30.7 Å². The quantitative estimate of drug-likeness (QED) is 0.516.